The zero-order valence-corrected chi connectivity index (χ0v) is 9.17. The molecule has 0 aliphatic heterocycles. The predicted octanol–water partition coefficient (Wildman–Crippen LogP) is 3.23. The van der Waals surface area contributed by atoms with Gasteiger partial charge in [-0.25, -0.2) is 4.79 Å². The van der Waals surface area contributed by atoms with Crippen LogP contribution in [0.25, 0.3) is 0 Å². The zero-order chi connectivity index (χ0) is 11.9. The lowest BCUT2D eigenvalue weighted by Crippen LogP contribution is -1.94. The number of benzene rings is 2. The molecule has 0 radical (unpaired) electrons. The summed E-state index contributed by atoms with van der Waals surface area (Å²) in [6.07, 6.45) is 1.50. The molecule has 0 bridgehead atoms. The lowest BCUT2D eigenvalue weighted by atomic mass is 10.2. The first-order valence-corrected chi connectivity index (χ1v) is 5.23. The Morgan fingerprint density at radius 1 is 1.06 bits per heavy atom. The Hall–Kier alpha value is -2.38. The summed E-state index contributed by atoms with van der Waals surface area (Å²) in [6, 6.07) is 16.9. The summed E-state index contributed by atoms with van der Waals surface area (Å²) in [4.78, 5) is 13.7. The van der Waals surface area contributed by atoms with Crippen LogP contribution in [0.1, 0.15) is 5.56 Å². The van der Waals surface area contributed by atoms with Crippen LogP contribution < -0.4 is 4.74 Å². The van der Waals surface area contributed by atoms with Crippen LogP contribution in [0.15, 0.2) is 59.6 Å². The third-order valence-electron chi connectivity index (χ3n) is 2.24. The fraction of sp³-hybridized carbons (Fsp3) is 0.0714. The number of hydrogen-bond donors (Lipinski definition) is 0. The average Bonchev–Trinajstić information content (AvgIpc) is 2.39. The second kappa shape index (κ2) is 5.64. The summed E-state index contributed by atoms with van der Waals surface area (Å²) in [5, 5.41) is 0. The van der Waals surface area contributed by atoms with Gasteiger partial charge in [0.15, 0.2) is 0 Å². The topological polar surface area (TPSA) is 38.7 Å². The van der Waals surface area contributed by atoms with Gasteiger partial charge in [0.1, 0.15) is 12.4 Å². The van der Waals surface area contributed by atoms with Crippen molar-refractivity contribution in [1.29, 1.82) is 0 Å². The molecule has 0 aromatic heterocycles. The second-order valence-corrected chi connectivity index (χ2v) is 3.47. The van der Waals surface area contributed by atoms with Crippen LogP contribution in [0.3, 0.4) is 0 Å². The van der Waals surface area contributed by atoms with Crippen molar-refractivity contribution < 1.29 is 9.53 Å². The van der Waals surface area contributed by atoms with Crippen molar-refractivity contribution in [3.05, 3.63) is 60.2 Å². The third kappa shape index (κ3) is 3.30. The molecule has 0 fully saturated rings. The van der Waals surface area contributed by atoms with Crippen LogP contribution in [0.4, 0.5) is 5.69 Å². The van der Waals surface area contributed by atoms with Crippen molar-refractivity contribution in [2.75, 3.05) is 0 Å². The molecule has 0 amide bonds. The molecule has 84 valence electrons. The molecule has 0 spiro atoms. The largest absolute Gasteiger partial charge is 0.489 e. The maximum absolute atomic E-state index is 10.1. The molecule has 3 nitrogen and oxygen atoms in total. The number of ether oxygens (including phenoxy) is 1. The van der Waals surface area contributed by atoms with Gasteiger partial charge in [0.25, 0.3) is 0 Å². The molecule has 2 aromatic carbocycles. The number of hydrogen-bond acceptors (Lipinski definition) is 3. The molecule has 0 N–H and O–H groups in total. The molecule has 0 aliphatic rings. The molecule has 3 heteroatoms. The molecule has 0 heterocycles. The summed E-state index contributed by atoms with van der Waals surface area (Å²) in [7, 11) is 0. The smallest absolute Gasteiger partial charge is 0.240 e. The van der Waals surface area contributed by atoms with E-state index in [0.717, 1.165) is 5.56 Å². The normalized spacial score (nSPS) is 9.41. The Kier molecular flexibility index (Phi) is 3.68. The molecule has 0 aliphatic carbocycles. The van der Waals surface area contributed by atoms with Gasteiger partial charge in [-0.15, -0.1) is 0 Å². The van der Waals surface area contributed by atoms with Crippen molar-refractivity contribution >= 4 is 11.8 Å². The van der Waals surface area contributed by atoms with Crippen LogP contribution in [0.2, 0.25) is 0 Å². The highest BCUT2D eigenvalue weighted by Gasteiger charge is 1.96. The van der Waals surface area contributed by atoms with Gasteiger partial charge in [-0.3, -0.25) is 0 Å². The first kappa shape index (κ1) is 11.1. The molecule has 0 unspecified atom stereocenters. The minimum atomic E-state index is 0.495. The van der Waals surface area contributed by atoms with Gasteiger partial charge in [-0.1, -0.05) is 36.4 Å². The van der Waals surface area contributed by atoms with Crippen LogP contribution in [0, 0.1) is 0 Å². The van der Waals surface area contributed by atoms with Crippen molar-refractivity contribution in [2.24, 2.45) is 4.99 Å². The molecule has 0 saturated carbocycles. The lowest BCUT2D eigenvalue weighted by Gasteiger charge is -2.06. The van der Waals surface area contributed by atoms with Crippen LogP contribution in [0.5, 0.6) is 5.75 Å². The fourth-order valence-corrected chi connectivity index (χ4v) is 1.44. The van der Waals surface area contributed by atoms with Gasteiger partial charge in [-0.05, 0) is 17.7 Å². The highest BCUT2D eigenvalue weighted by atomic mass is 16.5. The monoisotopic (exact) mass is 225 g/mol. The maximum Gasteiger partial charge on any atom is 0.240 e. The van der Waals surface area contributed by atoms with E-state index in [1.807, 2.05) is 36.4 Å². The van der Waals surface area contributed by atoms with Crippen LogP contribution >= 0.6 is 0 Å². The van der Waals surface area contributed by atoms with E-state index in [-0.39, 0.29) is 0 Å². The number of isocyanates is 1. The number of aliphatic imine (C=N–C) groups is 1. The maximum atomic E-state index is 10.1. The van der Waals surface area contributed by atoms with Gasteiger partial charge >= 0.3 is 0 Å². The third-order valence-corrected chi connectivity index (χ3v) is 2.24. The number of nitrogens with zero attached hydrogens (tertiary/aromatic N) is 1. The zero-order valence-electron chi connectivity index (χ0n) is 9.17. The van der Waals surface area contributed by atoms with Gasteiger partial charge in [0.2, 0.25) is 6.08 Å². The van der Waals surface area contributed by atoms with Crippen molar-refractivity contribution in [3.8, 4) is 5.75 Å². The van der Waals surface area contributed by atoms with E-state index in [1.165, 1.54) is 6.08 Å². The first-order valence-electron chi connectivity index (χ1n) is 5.23. The van der Waals surface area contributed by atoms with Crippen LogP contribution in [-0.4, -0.2) is 6.08 Å². The minimum Gasteiger partial charge on any atom is -0.489 e. The van der Waals surface area contributed by atoms with Crippen molar-refractivity contribution in [1.82, 2.24) is 0 Å². The molecule has 0 atom stereocenters. The summed E-state index contributed by atoms with van der Waals surface area (Å²) in [5.41, 5.74) is 1.64. The Morgan fingerprint density at radius 3 is 2.65 bits per heavy atom. The van der Waals surface area contributed by atoms with E-state index < -0.39 is 0 Å². The fourth-order valence-electron chi connectivity index (χ4n) is 1.44. The summed E-state index contributed by atoms with van der Waals surface area (Å²) >= 11 is 0. The predicted molar refractivity (Wildman–Crippen MR) is 65.0 cm³/mol. The average molecular weight is 225 g/mol. The van der Waals surface area contributed by atoms with E-state index >= 15 is 0 Å². The number of carbonyl (C=O) groups excluding carboxylic acids is 1. The highest BCUT2D eigenvalue weighted by molar-refractivity contribution is 5.51. The van der Waals surface area contributed by atoms with Gasteiger partial charge in [0.05, 0.1) is 5.69 Å². The standard InChI is InChI=1S/C14H11NO2/c16-11-15-13-7-4-8-14(9-13)17-10-12-5-2-1-3-6-12/h1-9H,10H2. The summed E-state index contributed by atoms with van der Waals surface area (Å²) in [5.74, 6) is 0.686. The Morgan fingerprint density at radius 2 is 1.88 bits per heavy atom. The van der Waals surface area contributed by atoms with Gasteiger partial charge in [-0.2, -0.15) is 4.99 Å². The van der Waals surface area contributed by atoms with Crippen molar-refractivity contribution in [3.63, 3.8) is 0 Å². The van der Waals surface area contributed by atoms with Gasteiger partial charge in [0, 0.05) is 6.07 Å². The Balaban J connectivity index is 2.04. The summed E-state index contributed by atoms with van der Waals surface area (Å²) in [6.45, 7) is 0.495. The number of rotatable bonds is 4. The Labute approximate surface area is 99.4 Å². The molecule has 0 saturated heterocycles. The molecule has 2 rings (SSSR count). The first-order chi connectivity index (χ1) is 8.38. The van der Waals surface area contributed by atoms with E-state index in [4.69, 9.17) is 4.74 Å². The van der Waals surface area contributed by atoms with E-state index in [0.29, 0.717) is 18.0 Å². The Bertz CT molecular complexity index is 531. The van der Waals surface area contributed by atoms with E-state index in [9.17, 15) is 4.79 Å². The lowest BCUT2D eigenvalue weighted by molar-refractivity contribution is 0.306. The highest BCUT2D eigenvalue weighted by Crippen LogP contribution is 2.20. The second-order valence-electron chi connectivity index (χ2n) is 3.47. The molecule has 2 aromatic rings. The van der Waals surface area contributed by atoms with Crippen molar-refractivity contribution in [2.45, 2.75) is 6.61 Å². The molecular weight excluding hydrogens is 214 g/mol. The quantitative estimate of drug-likeness (QED) is 0.592. The summed E-state index contributed by atoms with van der Waals surface area (Å²) < 4.78 is 5.59. The van der Waals surface area contributed by atoms with E-state index in [2.05, 4.69) is 4.99 Å². The van der Waals surface area contributed by atoms with Crippen LogP contribution in [-0.2, 0) is 11.4 Å². The minimum absolute atomic E-state index is 0.495. The SMILES string of the molecule is O=C=Nc1cccc(OCc2ccccc2)c1. The molecular formula is C14H11NO2. The molecule has 17 heavy (non-hydrogen) atoms. The van der Waals surface area contributed by atoms with Gasteiger partial charge < -0.3 is 4.74 Å². The van der Waals surface area contributed by atoms with E-state index in [1.54, 1.807) is 18.2 Å².